The van der Waals surface area contributed by atoms with Gasteiger partial charge in [-0.25, -0.2) is 9.97 Å². The lowest BCUT2D eigenvalue weighted by Gasteiger charge is -2.38. The summed E-state index contributed by atoms with van der Waals surface area (Å²) in [6.45, 7) is 10.5. The Morgan fingerprint density at radius 3 is 2.80 bits per heavy atom. The second-order valence-electron chi connectivity index (χ2n) is 8.43. The van der Waals surface area contributed by atoms with Crippen molar-refractivity contribution in [1.29, 1.82) is 0 Å². The lowest BCUT2D eigenvalue weighted by atomic mass is 9.93. The van der Waals surface area contributed by atoms with Crippen molar-refractivity contribution in [3.05, 3.63) is 30.4 Å². The summed E-state index contributed by atoms with van der Waals surface area (Å²) in [5.74, 6) is 1.46. The van der Waals surface area contributed by atoms with E-state index in [1.807, 2.05) is 28.9 Å². The molecule has 1 fully saturated rings. The number of hydrogen-bond acceptors (Lipinski definition) is 7. The summed E-state index contributed by atoms with van der Waals surface area (Å²) in [4.78, 5) is 23.3. The molecule has 2 atom stereocenters. The molecule has 0 spiro atoms. The third-order valence-electron chi connectivity index (χ3n) is 5.15. The van der Waals surface area contributed by atoms with Crippen LogP contribution in [0.3, 0.4) is 0 Å². The minimum absolute atomic E-state index is 0.0607. The molecule has 1 saturated heterocycles. The average molecular weight is 417 g/mol. The van der Waals surface area contributed by atoms with Crippen LogP contribution in [0.25, 0.3) is 0 Å². The van der Waals surface area contributed by atoms with Crippen molar-refractivity contribution in [2.75, 3.05) is 32.2 Å². The first kappa shape index (κ1) is 22.0. The Labute approximate surface area is 177 Å². The molecule has 0 radical (unpaired) electrons. The third-order valence-corrected chi connectivity index (χ3v) is 5.15. The minimum Gasteiger partial charge on any atom is -0.478 e. The number of nitrogens with zero attached hydrogens (tertiary/aromatic N) is 5. The normalized spacial score (nSPS) is 19.4. The number of amides is 1. The van der Waals surface area contributed by atoms with Gasteiger partial charge in [0, 0.05) is 49.4 Å². The lowest BCUT2D eigenvalue weighted by molar-refractivity contribution is -0.133. The van der Waals surface area contributed by atoms with Crippen LogP contribution in [-0.2, 0) is 16.1 Å². The van der Waals surface area contributed by atoms with Crippen molar-refractivity contribution in [2.45, 2.75) is 52.2 Å². The molecule has 2 aromatic rings. The number of hydrogen-bond donors (Lipinski definition) is 1. The SMILES string of the molecule is CCOc1cc(NC[C@@H]2CC(=O)N(C(C)(C)C)[C@H]2c2cnn(CCOC)c2)ncn1. The molecule has 9 heteroatoms. The molecule has 3 rings (SSSR count). The Morgan fingerprint density at radius 1 is 1.30 bits per heavy atom. The van der Waals surface area contributed by atoms with E-state index in [4.69, 9.17) is 9.47 Å². The van der Waals surface area contributed by atoms with Crippen molar-refractivity contribution < 1.29 is 14.3 Å². The molecule has 30 heavy (non-hydrogen) atoms. The summed E-state index contributed by atoms with van der Waals surface area (Å²) in [5.41, 5.74) is 0.749. The first-order valence-electron chi connectivity index (χ1n) is 10.4. The first-order chi connectivity index (χ1) is 14.3. The molecule has 2 aromatic heterocycles. The van der Waals surface area contributed by atoms with Crippen molar-refractivity contribution in [3.63, 3.8) is 0 Å². The predicted octanol–water partition coefficient (Wildman–Crippen LogP) is 2.52. The maximum atomic E-state index is 12.9. The molecular weight excluding hydrogens is 384 g/mol. The van der Waals surface area contributed by atoms with Crippen molar-refractivity contribution in [2.24, 2.45) is 5.92 Å². The molecule has 0 aliphatic carbocycles. The van der Waals surface area contributed by atoms with Gasteiger partial charge in [0.15, 0.2) is 0 Å². The van der Waals surface area contributed by atoms with Crippen LogP contribution in [0.2, 0.25) is 0 Å². The number of carbonyl (C=O) groups excluding carboxylic acids is 1. The van der Waals surface area contributed by atoms with Crippen molar-refractivity contribution in [3.8, 4) is 5.88 Å². The van der Waals surface area contributed by atoms with Crippen LogP contribution in [0.15, 0.2) is 24.8 Å². The highest BCUT2D eigenvalue weighted by Gasteiger charge is 2.45. The summed E-state index contributed by atoms with van der Waals surface area (Å²) >= 11 is 0. The molecule has 9 nitrogen and oxygen atoms in total. The van der Waals surface area contributed by atoms with E-state index in [-0.39, 0.29) is 23.4 Å². The zero-order chi connectivity index (χ0) is 21.7. The van der Waals surface area contributed by atoms with Gasteiger partial charge in [-0.2, -0.15) is 5.10 Å². The minimum atomic E-state index is -0.290. The molecular formula is C21H32N6O3. The highest BCUT2D eigenvalue weighted by molar-refractivity contribution is 5.80. The number of anilines is 1. The van der Waals surface area contributed by atoms with E-state index in [1.54, 1.807) is 13.2 Å². The van der Waals surface area contributed by atoms with E-state index in [9.17, 15) is 4.79 Å². The van der Waals surface area contributed by atoms with Gasteiger partial charge in [0.2, 0.25) is 11.8 Å². The third kappa shape index (κ3) is 5.08. The second-order valence-corrected chi connectivity index (χ2v) is 8.43. The average Bonchev–Trinajstić information content (AvgIpc) is 3.28. The number of likely N-dealkylation sites (tertiary alicyclic amines) is 1. The number of nitrogens with one attached hydrogen (secondary N) is 1. The summed E-state index contributed by atoms with van der Waals surface area (Å²) < 4.78 is 12.5. The van der Waals surface area contributed by atoms with Gasteiger partial charge in [-0.3, -0.25) is 9.48 Å². The van der Waals surface area contributed by atoms with E-state index in [0.29, 0.717) is 44.4 Å². The Morgan fingerprint density at radius 2 is 2.10 bits per heavy atom. The van der Waals surface area contributed by atoms with E-state index in [1.165, 1.54) is 6.33 Å². The zero-order valence-corrected chi connectivity index (χ0v) is 18.5. The fraction of sp³-hybridized carbons (Fsp3) is 0.619. The fourth-order valence-corrected chi connectivity index (χ4v) is 3.93. The van der Waals surface area contributed by atoms with Crippen LogP contribution in [-0.4, -0.2) is 63.0 Å². The van der Waals surface area contributed by atoms with Crippen LogP contribution < -0.4 is 10.1 Å². The number of carbonyl (C=O) groups is 1. The largest absolute Gasteiger partial charge is 0.478 e. The monoisotopic (exact) mass is 416 g/mol. The number of aromatic nitrogens is 4. The molecule has 1 N–H and O–H groups in total. The standard InChI is InChI=1S/C21H32N6O3/c1-6-30-18-10-17(23-14-24-18)22-11-15-9-19(28)27(21(2,3)4)20(15)16-12-25-26(13-16)7-8-29-5/h10,12-15,20H,6-9,11H2,1-5H3,(H,22,23,24)/t15-,20+/m0/s1. The number of methoxy groups -OCH3 is 1. The van der Waals surface area contributed by atoms with E-state index < -0.39 is 0 Å². The maximum Gasteiger partial charge on any atom is 0.223 e. The summed E-state index contributed by atoms with van der Waals surface area (Å²) in [6.07, 6.45) is 5.84. The van der Waals surface area contributed by atoms with Crippen molar-refractivity contribution >= 4 is 11.7 Å². The highest BCUT2D eigenvalue weighted by Crippen LogP contribution is 2.42. The van der Waals surface area contributed by atoms with Crippen LogP contribution in [0.5, 0.6) is 5.88 Å². The molecule has 1 aliphatic heterocycles. The quantitative estimate of drug-likeness (QED) is 0.671. The van der Waals surface area contributed by atoms with Gasteiger partial charge in [0.1, 0.15) is 12.1 Å². The van der Waals surface area contributed by atoms with Crippen LogP contribution in [0, 0.1) is 5.92 Å². The van der Waals surface area contributed by atoms with E-state index in [0.717, 1.165) is 5.56 Å². The van der Waals surface area contributed by atoms with E-state index in [2.05, 4.69) is 41.2 Å². The van der Waals surface area contributed by atoms with Gasteiger partial charge in [0.25, 0.3) is 0 Å². The Balaban J connectivity index is 1.80. The van der Waals surface area contributed by atoms with Gasteiger partial charge >= 0.3 is 0 Å². The van der Waals surface area contributed by atoms with Crippen LogP contribution in [0.4, 0.5) is 5.82 Å². The molecule has 0 saturated carbocycles. The summed E-state index contributed by atoms with van der Waals surface area (Å²) in [6, 6.07) is 1.72. The molecule has 0 unspecified atom stereocenters. The van der Waals surface area contributed by atoms with Gasteiger partial charge in [-0.1, -0.05) is 0 Å². The molecule has 1 aliphatic rings. The smallest absolute Gasteiger partial charge is 0.223 e. The predicted molar refractivity (Wildman–Crippen MR) is 113 cm³/mol. The zero-order valence-electron chi connectivity index (χ0n) is 18.5. The van der Waals surface area contributed by atoms with Crippen LogP contribution >= 0.6 is 0 Å². The Bertz CT molecular complexity index is 847. The summed E-state index contributed by atoms with van der Waals surface area (Å²) in [5, 5.41) is 7.83. The van der Waals surface area contributed by atoms with Gasteiger partial charge in [-0.15, -0.1) is 0 Å². The lowest BCUT2D eigenvalue weighted by Crippen LogP contribution is -2.44. The summed E-state index contributed by atoms with van der Waals surface area (Å²) in [7, 11) is 1.67. The fourth-order valence-electron chi connectivity index (χ4n) is 3.93. The second kappa shape index (κ2) is 9.42. The Hall–Kier alpha value is -2.68. The topological polar surface area (TPSA) is 94.4 Å². The molecule has 0 aromatic carbocycles. The maximum absolute atomic E-state index is 12.9. The van der Waals surface area contributed by atoms with Gasteiger partial charge in [0.05, 0.1) is 32.0 Å². The molecule has 1 amide bonds. The number of rotatable bonds is 9. The van der Waals surface area contributed by atoms with Crippen LogP contribution in [0.1, 0.15) is 45.7 Å². The molecule has 0 bridgehead atoms. The Kier molecular flexibility index (Phi) is 6.91. The van der Waals surface area contributed by atoms with E-state index >= 15 is 0 Å². The highest BCUT2D eigenvalue weighted by atomic mass is 16.5. The van der Waals surface area contributed by atoms with Crippen molar-refractivity contribution in [1.82, 2.24) is 24.6 Å². The van der Waals surface area contributed by atoms with Gasteiger partial charge < -0.3 is 19.7 Å². The first-order valence-corrected chi connectivity index (χ1v) is 10.4. The number of ether oxygens (including phenoxy) is 2. The van der Waals surface area contributed by atoms with Gasteiger partial charge in [-0.05, 0) is 27.7 Å². The molecule has 3 heterocycles. The molecule has 164 valence electrons.